The Morgan fingerprint density at radius 1 is 1.15 bits per heavy atom. The second kappa shape index (κ2) is 11.7. The Bertz CT molecular complexity index is 1150. The molecule has 0 unspecified atom stereocenters. The van der Waals surface area contributed by atoms with E-state index in [9.17, 15) is 10.1 Å². The van der Waals surface area contributed by atoms with Gasteiger partial charge in [-0.05, 0) is 48.7 Å². The minimum absolute atomic E-state index is 0.0374. The summed E-state index contributed by atoms with van der Waals surface area (Å²) >= 11 is 1.28. The number of anilines is 1. The molecule has 7 nitrogen and oxygen atoms in total. The minimum Gasteiger partial charge on any atom is -0.493 e. The van der Waals surface area contributed by atoms with Crippen LogP contribution < -0.4 is 19.5 Å². The van der Waals surface area contributed by atoms with Gasteiger partial charge in [0.05, 0.1) is 20.3 Å². The van der Waals surface area contributed by atoms with E-state index in [0.717, 1.165) is 16.9 Å². The molecule has 0 saturated heterocycles. The molecule has 1 aromatic heterocycles. The highest BCUT2D eigenvalue weighted by Crippen LogP contribution is 2.29. The lowest BCUT2D eigenvalue weighted by molar-refractivity contribution is -0.112. The minimum atomic E-state index is -0.518. The number of aryl methyl sites for hydroxylation is 2. The van der Waals surface area contributed by atoms with Crippen LogP contribution in [-0.2, 0) is 4.79 Å². The van der Waals surface area contributed by atoms with E-state index in [-0.39, 0.29) is 5.57 Å². The number of benzene rings is 2. The van der Waals surface area contributed by atoms with Gasteiger partial charge in [-0.15, -0.1) is 11.3 Å². The van der Waals surface area contributed by atoms with E-state index in [4.69, 9.17) is 14.2 Å². The maximum atomic E-state index is 12.3. The molecular weight excluding hydrogens is 438 g/mol. The molecule has 0 saturated carbocycles. The number of carbonyl (C=O) groups is 1. The Kier molecular flexibility index (Phi) is 8.44. The topological polar surface area (TPSA) is 93.5 Å². The second-order valence-corrected chi connectivity index (χ2v) is 8.04. The summed E-state index contributed by atoms with van der Waals surface area (Å²) in [5.74, 6) is 1.48. The van der Waals surface area contributed by atoms with E-state index in [1.165, 1.54) is 17.4 Å². The fourth-order valence-corrected chi connectivity index (χ4v) is 3.62. The van der Waals surface area contributed by atoms with Crippen molar-refractivity contribution in [1.82, 2.24) is 4.98 Å². The molecule has 1 heterocycles. The summed E-state index contributed by atoms with van der Waals surface area (Å²) in [7, 11) is 1.54. The average Bonchev–Trinajstić information content (AvgIpc) is 3.32. The highest BCUT2D eigenvalue weighted by Gasteiger charge is 2.12. The number of hydrogen-bond donors (Lipinski definition) is 1. The summed E-state index contributed by atoms with van der Waals surface area (Å²) in [6.07, 6.45) is 3.77. The lowest BCUT2D eigenvalue weighted by atomic mass is 10.1. The van der Waals surface area contributed by atoms with Crippen LogP contribution in [0, 0.1) is 25.2 Å². The summed E-state index contributed by atoms with van der Waals surface area (Å²) in [5.41, 5.74) is 2.82. The fraction of sp³-hybridized carbons (Fsp3) is 0.240. The van der Waals surface area contributed by atoms with Gasteiger partial charge in [-0.3, -0.25) is 10.1 Å². The van der Waals surface area contributed by atoms with E-state index >= 15 is 0 Å². The molecule has 0 aliphatic carbocycles. The van der Waals surface area contributed by atoms with Crippen molar-refractivity contribution < 1.29 is 19.0 Å². The third-order valence-electron chi connectivity index (χ3n) is 4.72. The SMILES string of the molecule is COc1cc(/C=C(/C#N)C(=O)Nc2nccs2)ccc1OCCCOc1c(C)cccc1C. The summed E-state index contributed by atoms with van der Waals surface area (Å²) < 4.78 is 17.2. The molecule has 3 aromatic rings. The van der Waals surface area contributed by atoms with Crippen molar-refractivity contribution in [1.29, 1.82) is 5.26 Å². The van der Waals surface area contributed by atoms with Crippen LogP contribution in [0.15, 0.2) is 53.5 Å². The molecule has 0 fully saturated rings. The van der Waals surface area contributed by atoms with Crippen LogP contribution in [0.4, 0.5) is 5.13 Å². The number of ether oxygens (including phenoxy) is 3. The summed E-state index contributed by atoms with van der Waals surface area (Å²) in [6.45, 7) is 5.05. The molecule has 0 aliphatic heterocycles. The van der Waals surface area contributed by atoms with Gasteiger partial charge in [0.25, 0.3) is 5.91 Å². The lowest BCUT2D eigenvalue weighted by Gasteiger charge is -2.13. The smallest absolute Gasteiger partial charge is 0.268 e. The van der Waals surface area contributed by atoms with Gasteiger partial charge in [-0.25, -0.2) is 4.98 Å². The van der Waals surface area contributed by atoms with Crippen molar-refractivity contribution in [2.24, 2.45) is 0 Å². The summed E-state index contributed by atoms with van der Waals surface area (Å²) in [5, 5.41) is 14.2. The number of thiazole rings is 1. The Hall–Kier alpha value is -3.83. The maximum absolute atomic E-state index is 12.3. The van der Waals surface area contributed by atoms with Crippen LogP contribution in [0.5, 0.6) is 17.2 Å². The number of nitriles is 1. The van der Waals surface area contributed by atoms with Crippen LogP contribution in [0.1, 0.15) is 23.1 Å². The van der Waals surface area contributed by atoms with Gasteiger partial charge in [0.2, 0.25) is 0 Å². The number of hydrogen-bond acceptors (Lipinski definition) is 7. The van der Waals surface area contributed by atoms with E-state index in [1.807, 2.05) is 38.1 Å². The quantitative estimate of drug-likeness (QED) is 0.254. The zero-order valence-corrected chi connectivity index (χ0v) is 19.6. The molecule has 1 amide bonds. The van der Waals surface area contributed by atoms with Crippen LogP contribution >= 0.6 is 11.3 Å². The van der Waals surface area contributed by atoms with Gasteiger partial charge < -0.3 is 14.2 Å². The molecule has 2 aromatic carbocycles. The van der Waals surface area contributed by atoms with Crippen LogP contribution in [0.3, 0.4) is 0 Å². The van der Waals surface area contributed by atoms with Crippen molar-refractivity contribution in [3.63, 3.8) is 0 Å². The van der Waals surface area contributed by atoms with Gasteiger partial charge in [0.15, 0.2) is 16.6 Å². The third kappa shape index (κ3) is 6.57. The Morgan fingerprint density at radius 3 is 2.58 bits per heavy atom. The molecule has 33 heavy (non-hydrogen) atoms. The van der Waals surface area contributed by atoms with Crippen LogP contribution in [0.2, 0.25) is 0 Å². The Morgan fingerprint density at radius 2 is 1.91 bits per heavy atom. The van der Waals surface area contributed by atoms with Gasteiger partial charge in [-0.1, -0.05) is 24.3 Å². The number of para-hydroxylation sites is 1. The molecule has 0 spiro atoms. The van der Waals surface area contributed by atoms with Crippen LogP contribution in [0.25, 0.3) is 6.08 Å². The second-order valence-electron chi connectivity index (χ2n) is 7.14. The standard InChI is InChI=1S/C25H25N3O4S/c1-17-6-4-7-18(2)23(17)32-12-5-11-31-21-9-8-19(15-22(21)30-3)14-20(16-26)24(29)28-25-27-10-13-33-25/h4,6-10,13-15H,5,11-12H2,1-3H3,(H,27,28,29)/b20-14-. The van der Waals surface area contributed by atoms with Gasteiger partial charge in [-0.2, -0.15) is 5.26 Å². The van der Waals surface area contributed by atoms with Crippen molar-refractivity contribution >= 4 is 28.5 Å². The van der Waals surface area contributed by atoms with Crippen LogP contribution in [-0.4, -0.2) is 31.2 Å². The highest BCUT2D eigenvalue weighted by atomic mass is 32.1. The van der Waals surface area contributed by atoms with E-state index in [0.29, 0.717) is 41.8 Å². The predicted molar refractivity (Wildman–Crippen MR) is 129 cm³/mol. The van der Waals surface area contributed by atoms with Crippen molar-refractivity contribution in [2.45, 2.75) is 20.3 Å². The number of aromatic nitrogens is 1. The first-order valence-electron chi connectivity index (χ1n) is 10.3. The van der Waals surface area contributed by atoms with Crippen molar-refractivity contribution in [3.05, 3.63) is 70.2 Å². The Labute approximate surface area is 197 Å². The van der Waals surface area contributed by atoms with E-state index in [2.05, 4.69) is 10.3 Å². The predicted octanol–water partition coefficient (Wildman–Crippen LogP) is 5.16. The Balaban J connectivity index is 1.58. The van der Waals surface area contributed by atoms with Gasteiger partial charge in [0, 0.05) is 18.0 Å². The molecule has 8 heteroatoms. The van der Waals surface area contributed by atoms with Gasteiger partial charge >= 0.3 is 0 Å². The number of methoxy groups -OCH3 is 1. The van der Waals surface area contributed by atoms with E-state index in [1.54, 1.807) is 36.9 Å². The molecule has 0 aliphatic rings. The largest absolute Gasteiger partial charge is 0.493 e. The molecule has 1 N–H and O–H groups in total. The summed E-state index contributed by atoms with van der Waals surface area (Å²) in [4.78, 5) is 16.3. The molecule has 0 radical (unpaired) electrons. The number of nitrogens with one attached hydrogen (secondary N) is 1. The molecule has 0 bridgehead atoms. The zero-order valence-electron chi connectivity index (χ0n) is 18.8. The third-order valence-corrected chi connectivity index (χ3v) is 5.41. The van der Waals surface area contributed by atoms with E-state index < -0.39 is 5.91 Å². The van der Waals surface area contributed by atoms with Gasteiger partial charge in [0.1, 0.15) is 17.4 Å². The lowest BCUT2D eigenvalue weighted by Crippen LogP contribution is -2.13. The zero-order chi connectivity index (χ0) is 23.6. The fourth-order valence-electron chi connectivity index (χ4n) is 3.10. The average molecular weight is 464 g/mol. The molecule has 3 rings (SSSR count). The molecule has 170 valence electrons. The number of rotatable bonds is 10. The normalized spacial score (nSPS) is 10.9. The van der Waals surface area contributed by atoms with Crippen molar-refractivity contribution in [3.8, 4) is 23.3 Å². The first-order chi connectivity index (χ1) is 16.0. The first-order valence-corrected chi connectivity index (χ1v) is 11.2. The summed E-state index contributed by atoms with van der Waals surface area (Å²) in [6, 6.07) is 13.2. The molecule has 0 atom stereocenters. The first kappa shape index (κ1) is 23.8. The molecular formula is C25H25N3O4S. The highest BCUT2D eigenvalue weighted by molar-refractivity contribution is 7.13. The monoisotopic (exact) mass is 463 g/mol. The van der Waals surface area contributed by atoms with Crippen molar-refractivity contribution in [2.75, 3.05) is 25.6 Å². The number of amides is 1. The number of nitrogens with zero attached hydrogens (tertiary/aromatic N) is 2. The maximum Gasteiger partial charge on any atom is 0.268 e. The number of carbonyl (C=O) groups excluding carboxylic acids is 1.